The van der Waals surface area contributed by atoms with Gasteiger partial charge >= 0.3 is 0 Å². The zero-order valence-electron chi connectivity index (χ0n) is 18.3. The van der Waals surface area contributed by atoms with E-state index in [1.165, 1.54) is 32.2 Å². The molecule has 0 unspecified atom stereocenters. The zero-order chi connectivity index (χ0) is 20.9. The number of piperidine rings is 1. The Hall–Kier alpha value is -2.34. The van der Waals surface area contributed by atoms with E-state index in [0.29, 0.717) is 17.7 Å². The summed E-state index contributed by atoms with van der Waals surface area (Å²) in [6, 6.07) is 7.71. The molecule has 2 fully saturated rings. The molecule has 30 heavy (non-hydrogen) atoms. The molecule has 0 bridgehead atoms. The second-order valence-corrected chi connectivity index (χ2v) is 9.09. The number of nitrogens with two attached hydrogens (primary N) is 1. The highest BCUT2D eigenvalue weighted by molar-refractivity contribution is 5.57. The van der Waals surface area contributed by atoms with Crippen LogP contribution in [-0.4, -0.2) is 41.6 Å². The molecule has 2 aliphatic rings. The molecule has 2 heterocycles. The largest absolute Gasteiger partial charge is 0.497 e. The summed E-state index contributed by atoms with van der Waals surface area (Å²) >= 11 is 0. The molecule has 162 valence electrons. The quantitative estimate of drug-likeness (QED) is 0.712. The highest BCUT2D eigenvalue weighted by atomic mass is 16.5. The van der Waals surface area contributed by atoms with Gasteiger partial charge in [-0.2, -0.15) is 4.98 Å². The molecule has 6 nitrogen and oxygen atoms in total. The third-order valence-electron chi connectivity index (χ3n) is 6.85. The van der Waals surface area contributed by atoms with Crippen molar-refractivity contribution in [2.45, 2.75) is 51.4 Å². The average Bonchev–Trinajstić information content (AvgIpc) is 2.76. The van der Waals surface area contributed by atoms with Crippen molar-refractivity contribution in [3.05, 3.63) is 36.0 Å². The number of hydrogen-bond donors (Lipinski definition) is 2. The first-order valence-corrected chi connectivity index (χ1v) is 11.4. The van der Waals surface area contributed by atoms with Crippen LogP contribution >= 0.6 is 0 Å². The number of aromatic nitrogens is 2. The van der Waals surface area contributed by atoms with E-state index < -0.39 is 0 Å². The smallest absolute Gasteiger partial charge is 0.229 e. The van der Waals surface area contributed by atoms with Gasteiger partial charge in [-0.15, -0.1) is 0 Å². The number of anilines is 3. The van der Waals surface area contributed by atoms with Crippen molar-refractivity contribution < 1.29 is 4.74 Å². The fourth-order valence-electron chi connectivity index (χ4n) is 4.91. The molecule has 4 rings (SSSR count). The van der Waals surface area contributed by atoms with Gasteiger partial charge in [0.2, 0.25) is 5.95 Å². The normalized spacial score (nSPS) is 23.3. The maximum absolute atomic E-state index is 6.33. The lowest BCUT2D eigenvalue weighted by atomic mass is 9.82. The number of benzene rings is 1. The van der Waals surface area contributed by atoms with Crippen molar-refractivity contribution >= 4 is 17.5 Å². The molecular weight excluding hydrogens is 374 g/mol. The lowest BCUT2D eigenvalue weighted by Gasteiger charge is -2.36. The van der Waals surface area contributed by atoms with Crippen LogP contribution in [0.3, 0.4) is 0 Å². The van der Waals surface area contributed by atoms with Crippen LogP contribution in [0.1, 0.15) is 56.9 Å². The lowest BCUT2D eigenvalue weighted by molar-refractivity contribution is 0.154. The maximum atomic E-state index is 6.33. The fourth-order valence-corrected chi connectivity index (χ4v) is 4.91. The van der Waals surface area contributed by atoms with E-state index in [-0.39, 0.29) is 0 Å². The first-order chi connectivity index (χ1) is 14.6. The number of nitrogens with one attached hydrogen (secondary N) is 1. The summed E-state index contributed by atoms with van der Waals surface area (Å²) in [5, 5.41) is 3.21. The van der Waals surface area contributed by atoms with Crippen LogP contribution in [0.5, 0.6) is 5.75 Å². The van der Waals surface area contributed by atoms with E-state index >= 15 is 0 Å². The van der Waals surface area contributed by atoms with Gasteiger partial charge in [0.25, 0.3) is 0 Å². The number of hydrogen-bond acceptors (Lipinski definition) is 6. The third kappa shape index (κ3) is 5.22. The molecule has 1 aliphatic carbocycles. The molecule has 1 aliphatic heterocycles. The standard InChI is InChI=1S/C24H35N5O/c1-17-6-8-18(9-7-17)16-29-12-10-19(11-13-29)22-15-26-24(28-23(22)25)27-20-4-3-5-21(14-20)30-2/h3-5,14-15,17-19H,6-13,16H2,1-2H3,(H3,25,26,27,28). The van der Waals surface area contributed by atoms with Crippen LogP contribution in [0.25, 0.3) is 0 Å². The van der Waals surface area contributed by atoms with Crippen LogP contribution in [0, 0.1) is 11.8 Å². The molecule has 0 atom stereocenters. The maximum Gasteiger partial charge on any atom is 0.229 e. The Morgan fingerprint density at radius 3 is 2.60 bits per heavy atom. The van der Waals surface area contributed by atoms with E-state index in [0.717, 1.165) is 54.8 Å². The lowest BCUT2D eigenvalue weighted by Crippen LogP contribution is -2.37. The SMILES string of the molecule is COc1cccc(Nc2ncc(C3CCN(CC4CCC(C)CC4)CC3)c(N)n2)c1. The first-order valence-electron chi connectivity index (χ1n) is 11.4. The summed E-state index contributed by atoms with van der Waals surface area (Å²) < 4.78 is 5.27. The number of methoxy groups -OCH3 is 1. The molecular formula is C24H35N5O. The Morgan fingerprint density at radius 2 is 1.90 bits per heavy atom. The summed E-state index contributed by atoms with van der Waals surface area (Å²) in [6.07, 6.45) is 9.82. The molecule has 0 spiro atoms. The monoisotopic (exact) mass is 409 g/mol. The van der Waals surface area contributed by atoms with Gasteiger partial charge in [0.1, 0.15) is 11.6 Å². The van der Waals surface area contributed by atoms with E-state index in [1.807, 2.05) is 30.5 Å². The van der Waals surface area contributed by atoms with Crippen LogP contribution in [0.4, 0.5) is 17.5 Å². The van der Waals surface area contributed by atoms with Crippen LogP contribution in [0.2, 0.25) is 0 Å². The van der Waals surface area contributed by atoms with Crippen molar-refractivity contribution in [1.82, 2.24) is 14.9 Å². The second-order valence-electron chi connectivity index (χ2n) is 9.09. The minimum Gasteiger partial charge on any atom is -0.497 e. The van der Waals surface area contributed by atoms with E-state index in [9.17, 15) is 0 Å². The fraction of sp³-hybridized carbons (Fsp3) is 0.583. The summed E-state index contributed by atoms with van der Waals surface area (Å²) in [5.74, 6) is 4.19. The molecule has 1 saturated carbocycles. The Bertz CT molecular complexity index is 826. The summed E-state index contributed by atoms with van der Waals surface area (Å²) in [5.41, 5.74) is 8.31. The number of ether oxygens (including phenoxy) is 1. The Balaban J connectivity index is 1.31. The number of likely N-dealkylation sites (tertiary alicyclic amines) is 1. The highest BCUT2D eigenvalue weighted by Crippen LogP contribution is 2.33. The predicted octanol–water partition coefficient (Wildman–Crippen LogP) is 4.82. The highest BCUT2D eigenvalue weighted by Gasteiger charge is 2.26. The number of nitrogen functional groups attached to an aromatic ring is 1. The van der Waals surface area contributed by atoms with Gasteiger partial charge in [-0.25, -0.2) is 4.98 Å². The van der Waals surface area contributed by atoms with Gasteiger partial charge in [-0.3, -0.25) is 0 Å². The molecule has 2 aromatic rings. The van der Waals surface area contributed by atoms with Gasteiger partial charge in [0, 0.05) is 30.1 Å². The molecule has 0 amide bonds. The molecule has 3 N–H and O–H groups in total. The van der Waals surface area contributed by atoms with Crippen LogP contribution in [-0.2, 0) is 0 Å². The van der Waals surface area contributed by atoms with Gasteiger partial charge in [-0.05, 0) is 68.7 Å². The van der Waals surface area contributed by atoms with E-state index in [1.54, 1.807) is 7.11 Å². The zero-order valence-corrected chi connectivity index (χ0v) is 18.3. The first kappa shape index (κ1) is 20.9. The minimum absolute atomic E-state index is 0.457. The summed E-state index contributed by atoms with van der Waals surface area (Å²) in [6.45, 7) is 5.97. The minimum atomic E-state index is 0.457. The molecule has 0 radical (unpaired) electrons. The van der Waals surface area contributed by atoms with Crippen molar-refractivity contribution in [1.29, 1.82) is 0 Å². The topological polar surface area (TPSA) is 76.3 Å². The Morgan fingerprint density at radius 1 is 1.13 bits per heavy atom. The molecule has 1 aromatic carbocycles. The Labute approximate surface area is 180 Å². The average molecular weight is 410 g/mol. The van der Waals surface area contributed by atoms with Crippen molar-refractivity contribution in [3.8, 4) is 5.75 Å². The predicted molar refractivity (Wildman–Crippen MR) is 122 cm³/mol. The Kier molecular flexibility index (Phi) is 6.72. The van der Waals surface area contributed by atoms with Crippen molar-refractivity contribution in [3.63, 3.8) is 0 Å². The third-order valence-corrected chi connectivity index (χ3v) is 6.85. The molecule has 6 heteroatoms. The summed E-state index contributed by atoms with van der Waals surface area (Å²) in [4.78, 5) is 11.7. The second kappa shape index (κ2) is 9.65. The van der Waals surface area contributed by atoms with Crippen molar-refractivity contribution in [2.24, 2.45) is 11.8 Å². The van der Waals surface area contributed by atoms with Gasteiger partial charge in [0.15, 0.2) is 0 Å². The van der Waals surface area contributed by atoms with E-state index in [2.05, 4.69) is 27.1 Å². The van der Waals surface area contributed by atoms with E-state index in [4.69, 9.17) is 10.5 Å². The van der Waals surface area contributed by atoms with Crippen LogP contribution in [0.15, 0.2) is 30.5 Å². The van der Waals surface area contributed by atoms with Gasteiger partial charge in [0.05, 0.1) is 7.11 Å². The van der Waals surface area contributed by atoms with Gasteiger partial charge < -0.3 is 20.7 Å². The molecule has 1 saturated heterocycles. The van der Waals surface area contributed by atoms with Crippen LogP contribution < -0.4 is 15.8 Å². The molecule has 1 aromatic heterocycles. The van der Waals surface area contributed by atoms with Crippen molar-refractivity contribution in [2.75, 3.05) is 37.8 Å². The van der Waals surface area contributed by atoms with Gasteiger partial charge in [-0.1, -0.05) is 25.8 Å². The number of nitrogens with zero attached hydrogens (tertiary/aromatic N) is 3. The summed E-state index contributed by atoms with van der Waals surface area (Å²) in [7, 11) is 1.66. The number of rotatable bonds is 6.